The zero-order valence-corrected chi connectivity index (χ0v) is 8.45. The zero-order valence-electron chi connectivity index (χ0n) is 8.45. The highest BCUT2D eigenvalue weighted by atomic mass is 16.7. The van der Waals surface area contributed by atoms with Crippen LogP contribution < -0.4 is 4.74 Å². The van der Waals surface area contributed by atoms with Crippen molar-refractivity contribution >= 4 is 5.97 Å². The molecule has 0 radical (unpaired) electrons. The average molecular weight is 194 g/mol. The minimum Gasteiger partial charge on any atom is -0.457 e. The van der Waals surface area contributed by atoms with Crippen molar-refractivity contribution < 1.29 is 14.3 Å². The number of hydrogen-bond donors (Lipinski definition) is 0. The van der Waals surface area contributed by atoms with Gasteiger partial charge in [-0.1, -0.05) is 19.1 Å². The van der Waals surface area contributed by atoms with E-state index in [1.165, 1.54) is 12.5 Å². The number of hydrogen-bond acceptors (Lipinski definition) is 3. The third-order valence-electron chi connectivity index (χ3n) is 1.82. The summed E-state index contributed by atoms with van der Waals surface area (Å²) < 4.78 is 9.81. The summed E-state index contributed by atoms with van der Waals surface area (Å²) in [5.41, 5.74) is 1.25. The lowest BCUT2D eigenvalue weighted by Gasteiger charge is -2.05. The van der Waals surface area contributed by atoms with Crippen molar-refractivity contribution in [1.29, 1.82) is 0 Å². The molecule has 0 aromatic heterocycles. The lowest BCUT2D eigenvalue weighted by Crippen LogP contribution is -2.06. The van der Waals surface area contributed by atoms with Crippen molar-refractivity contribution in [3.05, 3.63) is 29.8 Å². The SMILES string of the molecule is CCc1ccc(OCOC(C)=O)cc1. The molecule has 0 bridgehead atoms. The van der Waals surface area contributed by atoms with Crippen molar-refractivity contribution in [2.45, 2.75) is 20.3 Å². The molecule has 0 aliphatic carbocycles. The molecule has 0 N–H and O–H groups in total. The number of aryl methyl sites for hydroxylation is 1. The van der Waals surface area contributed by atoms with Gasteiger partial charge in [-0.3, -0.25) is 4.79 Å². The smallest absolute Gasteiger partial charge is 0.305 e. The van der Waals surface area contributed by atoms with E-state index < -0.39 is 0 Å². The molecule has 1 rings (SSSR count). The van der Waals surface area contributed by atoms with Gasteiger partial charge in [0.1, 0.15) is 5.75 Å². The van der Waals surface area contributed by atoms with Crippen molar-refractivity contribution in [1.82, 2.24) is 0 Å². The van der Waals surface area contributed by atoms with Gasteiger partial charge in [-0.25, -0.2) is 0 Å². The van der Waals surface area contributed by atoms with Crippen LogP contribution in [-0.4, -0.2) is 12.8 Å². The first kappa shape index (κ1) is 10.6. The molecule has 0 aliphatic rings. The van der Waals surface area contributed by atoms with E-state index in [4.69, 9.17) is 4.74 Å². The molecule has 76 valence electrons. The fourth-order valence-corrected chi connectivity index (χ4v) is 1.00. The summed E-state index contributed by atoms with van der Waals surface area (Å²) in [5.74, 6) is 0.374. The summed E-state index contributed by atoms with van der Waals surface area (Å²) in [6, 6.07) is 7.71. The lowest BCUT2D eigenvalue weighted by atomic mass is 10.2. The summed E-state index contributed by atoms with van der Waals surface area (Å²) in [7, 11) is 0. The van der Waals surface area contributed by atoms with E-state index in [1.54, 1.807) is 0 Å². The number of carbonyl (C=O) groups is 1. The Morgan fingerprint density at radius 3 is 2.43 bits per heavy atom. The van der Waals surface area contributed by atoms with E-state index in [0.29, 0.717) is 5.75 Å². The van der Waals surface area contributed by atoms with Crippen LogP contribution in [0.1, 0.15) is 19.4 Å². The van der Waals surface area contributed by atoms with Crippen molar-refractivity contribution in [2.75, 3.05) is 6.79 Å². The third-order valence-corrected chi connectivity index (χ3v) is 1.82. The summed E-state index contributed by atoms with van der Waals surface area (Å²) in [5, 5.41) is 0. The van der Waals surface area contributed by atoms with E-state index >= 15 is 0 Å². The molecule has 0 atom stereocenters. The van der Waals surface area contributed by atoms with Crippen LogP contribution in [0.4, 0.5) is 0 Å². The van der Waals surface area contributed by atoms with Gasteiger partial charge in [0.05, 0.1) is 0 Å². The monoisotopic (exact) mass is 194 g/mol. The Balaban J connectivity index is 2.40. The van der Waals surface area contributed by atoms with Crippen LogP contribution >= 0.6 is 0 Å². The van der Waals surface area contributed by atoms with Gasteiger partial charge in [-0.15, -0.1) is 0 Å². The van der Waals surface area contributed by atoms with Crippen LogP contribution in [0.15, 0.2) is 24.3 Å². The van der Waals surface area contributed by atoms with E-state index in [0.717, 1.165) is 6.42 Å². The van der Waals surface area contributed by atoms with Gasteiger partial charge >= 0.3 is 5.97 Å². The number of ether oxygens (including phenoxy) is 2. The standard InChI is InChI=1S/C11H14O3/c1-3-10-4-6-11(7-5-10)14-8-13-9(2)12/h4-7H,3,8H2,1-2H3. The fourth-order valence-electron chi connectivity index (χ4n) is 1.00. The lowest BCUT2D eigenvalue weighted by molar-refractivity contribution is -0.147. The molecule has 0 amide bonds. The largest absolute Gasteiger partial charge is 0.457 e. The van der Waals surface area contributed by atoms with Gasteiger partial charge in [0.15, 0.2) is 0 Å². The van der Waals surface area contributed by atoms with Gasteiger partial charge in [-0.2, -0.15) is 0 Å². The minimum atomic E-state index is -0.338. The summed E-state index contributed by atoms with van der Waals surface area (Å²) >= 11 is 0. The molecule has 14 heavy (non-hydrogen) atoms. The van der Waals surface area contributed by atoms with Crippen molar-refractivity contribution in [3.8, 4) is 5.75 Å². The first-order valence-electron chi connectivity index (χ1n) is 4.57. The van der Waals surface area contributed by atoms with Crippen LogP contribution in [0.2, 0.25) is 0 Å². The normalized spacial score (nSPS) is 9.57. The van der Waals surface area contributed by atoms with E-state index in [2.05, 4.69) is 11.7 Å². The molecule has 3 heteroatoms. The Morgan fingerprint density at radius 1 is 1.29 bits per heavy atom. The molecule has 0 spiro atoms. The Hall–Kier alpha value is -1.51. The Morgan fingerprint density at radius 2 is 1.93 bits per heavy atom. The van der Waals surface area contributed by atoms with Gasteiger partial charge in [0.25, 0.3) is 0 Å². The Bertz CT molecular complexity index is 290. The maximum Gasteiger partial charge on any atom is 0.305 e. The quantitative estimate of drug-likeness (QED) is 0.544. The third kappa shape index (κ3) is 3.47. The molecule has 1 aromatic rings. The van der Waals surface area contributed by atoms with Gasteiger partial charge < -0.3 is 9.47 Å². The van der Waals surface area contributed by atoms with E-state index in [-0.39, 0.29) is 12.8 Å². The number of carbonyl (C=O) groups excluding carboxylic acids is 1. The minimum absolute atomic E-state index is 0.0270. The fraction of sp³-hybridized carbons (Fsp3) is 0.364. The molecule has 1 aromatic carbocycles. The highest BCUT2D eigenvalue weighted by Gasteiger charge is 1.95. The molecule has 3 nitrogen and oxygen atoms in total. The second-order valence-electron chi connectivity index (χ2n) is 2.90. The van der Waals surface area contributed by atoms with Gasteiger partial charge in [-0.05, 0) is 24.1 Å². The zero-order chi connectivity index (χ0) is 10.4. The number of benzene rings is 1. The van der Waals surface area contributed by atoms with Crippen molar-refractivity contribution in [2.24, 2.45) is 0 Å². The van der Waals surface area contributed by atoms with E-state index in [1.807, 2.05) is 24.3 Å². The molecule has 0 saturated heterocycles. The molecule has 0 saturated carbocycles. The van der Waals surface area contributed by atoms with Crippen LogP contribution in [0.3, 0.4) is 0 Å². The van der Waals surface area contributed by atoms with Gasteiger partial charge in [0, 0.05) is 6.92 Å². The molecule has 0 fully saturated rings. The second kappa shape index (κ2) is 5.27. The van der Waals surface area contributed by atoms with Crippen LogP contribution in [0, 0.1) is 0 Å². The molecule has 0 aliphatic heterocycles. The summed E-state index contributed by atoms with van der Waals surface area (Å²) in [6.07, 6.45) is 1.00. The first-order valence-corrected chi connectivity index (χ1v) is 4.57. The summed E-state index contributed by atoms with van der Waals surface area (Å²) in [6.45, 7) is 3.42. The predicted molar refractivity (Wildman–Crippen MR) is 53.1 cm³/mol. The maximum atomic E-state index is 10.4. The highest BCUT2D eigenvalue weighted by molar-refractivity contribution is 5.65. The first-order chi connectivity index (χ1) is 6.72. The Kier molecular flexibility index (Phi) is 3.98. The summed E-state index contributed by atoms with van der Waals surface area (Å²) in [4.78, 5) is 10.4. The topological polar surface area (TPSA) is 35.5 Å². The molecular formula is C11H14O3. The Labute approximate surface area is 83.6 Å². The number of rotatable bonds is 4. The predicted octanol–water partition coefficient (Wildman–Crippen LogP) is 2.15. The number of esters is 1. The van der Waals surface area contributed by atoms with Crippen LogP contribution in [0.25, 0.3) is 0 Å². The maximum absolute atomic E-state index is 10.4. The average Bonchev–Trinajstić information content (AvgIpc) is 2.18. The van der Waals surface area contributed by atoms with Crippen molar-refractivity contribution in [3.63, 3.8) is 0 Å². The van der Waals surface area contributed by atoms with Crippen LogP contribution in [0.5, 0.6) is 5.75 Å². The molecular weight excluding hydrogens is 180 g/mol. The molecule has 0 heterocycles. The molecule has 0 unspecified atom stereocenters. The van der Waals surface area contributed by atoms with Gasteiger partial charge in [0.2, 0.25) is 6.79 Å². The highest BCUT2D eigenvalue weighted by Crippen LogP contribution is 2.12. The van der Waals surface area contributed by atoms with E-state index in [9.17, 15) is 4.79 Å². The second-order valence-corrected chi connectivity index (χ2v) is 2.90. The van der Waals surface area contributed by atoms with Crippen LogP contribution in [-0.2, 0) is 16.0 Å².